The number of nitrogens with zero attached hydrogens (tertiary/aromatic N) is 2. The summed E-state index contributed by atoms with van der Waals surface area (Å²) >= 11 is 1.54. The van der Waals surface area contributed by atoms with Crippen LogP contribution >= 0.6 is 11.3 Å². The second-order valence-electron chi connectivity index (χ2n) is 6.03. The van der Waals surface area contributed by atoms with Gasteiger partial charge in [-0.05, 0) is 37.3 Å². The van der Waals surface area contributed by atoms with E-state index >= 15 is 0 Å². The van der Waals surface area contributed by atoms with Crippen molar-refractivity contribution >= 4 is 23.2 Å². The zero-order chi connectivity index (χ0) is 15.4. The number of rotatable bonds is 2. The van der Waals surface area contributed by atoms with Gasteiger partial charge in [0.05, 0.1) is 11.5 Å². The largest absolute Gasteiger partial charge is 0.341 e. The zero-order valence-corrected chi connectivity index (χ0v) is 13.6. The van der Waals surface area contributed by atoms with Crippen LogP contribution in [0.1, 0.15) is 29.6 Å². The standard InChI is InChI=1S/C16H23N3O2S/c20-15(13-3-1-5-17-11-13)18-6-2-7-19(9-8-18)16(21)14-4-10-22-12-14/h4,10,12-13,17H,1-3,5-9,11H2. The molecule has 5 nitrogen and oxygen atoms in total. The maximum absolute atomic E-state index is 12.6. The summed E-state index contributed by atoms with van der Waals surface area (Å²) < 4.78 is 0. The molecule has 0 aromatic carbocycles. The van der Waals surface area contributed by atoms with Crippen molar-refractivity contribution in [3.63, 3.8) is 0 Å². The van der Waals surface area contributed by atoms with E-state index in [0.717, 1.165) is 51.0 Å². The number of hydrogen-bond donors (Lipinski definition) is 1. The summed E-state index contributed by atoms with van der Waals surface area (Å²) in [5, 5.41) is 7.13. The van der Waals surface area contributed by atoms with E-state index in [1.54, 1.807) is 11.3 Å². The van der Waals surface area contributed by atoms with Crippen LogP contribution in [0.2, 0.25) is 0 Å². The van der Waals surface area contributed by atoms with Crippen molar-refractivity contribution < 1.29 is 9.59 Å². The summed E-state index contributed by atoms with van der Waals surface area (Å²) in [6.45, 7) is 4.62. The summed E-state index contributed by atoms with van der Waals surface area (Å²) in [7, 11) is 0. The Labute approximate surface area is 135 Å². The molecule has 1 N–H and O–H groups in total. The smallest absolute Gasteiger partial charge is 0.254 e. The first-order chi connectivity index (χ1) is 10.8. The summed E-state index contributed by atoms with van der Waals surface area (Å²) in [6, 6.07) is 1.87. The lowest BCUT2D eigenvalue weighted by atomic mass is 9.98. The van der Waals surface area contributed by atoms with Crippen molar-refractivity contribution in [2.45, 2.75) is 19.3 Å². The van der Waals surface area contributed by atoms with Gasteiger partial charge in [-0.3, -0.25) is 9.59 Å². The molecular weight excluding hydrogens is 298 g/mol. The van der Waals surface area contributed by atoms with E-state index in [9.17, 15) is 9.59 Å². The van der Waals surface area contributed by atoms with E-state index in [1.165, 1.54) is 0 Å². The van der Waals surface area contributed by atoms with Crippen LogP contribution in [0.5, 0.6) is 0 Å². The van der Waals surface area contributed by atoms with Crippen molar-refractivity contribution in [2.75, 3.05) is 39.3 Å². The molecule has 6 heteroatoms. The third kappa shape index (κ3) is 3.50. The predicted octanol–water partition coefficient (Wildman–Crippen LogP) is 1.42. The van der Waals surface area contributed by atoms with E-state index in [2.05, 4.69) is 5.32 Å². The minimum atomic E-state index is 0.0925. The van der Waals surface area contributed by atoms with E-state index < -0.39 is 0 Å². The fourth-order valence-electron chi connectivity index (χ4n) is 3.23. The average Bonchev–Trinajstić information content (AvgIpc) is 2.99. The zero-order valence-electron chi connectivity index (χ0n) is 12.8. The van der Waals surface area contributed by atoms with Crippen LogP contribution in [0.4, 0.5) is 0 Å². The van der Waals surface area contributed by atoms with Crippen LogP contribution in [0, 0.1) is 5.92 Å². The van der Waals surface area contributed by atoms with E-state index in [0.29, 0.717) is 13.1 Å². The molecule has 1 atom stereocenters. The highest BCUT2D eigenvalue weighted by atomic mass is 32.1. The fraction of sp³-hybridized carbons (Fsp3) is 0.625. The molecule has 22 heavy (non-hydrogen) atoms. The molecular formula is C16H23N3O2S. The first-order valence-corrected chi connectivity index (χ1v) is 9.01. The van der Waals surface area contributed by atoms with E-state index in [-0.39, 0.29) is 17.7 Å². The molecule has 2 aliphatic rings. The van der Waals surface area contributed by atoms with Crippen molar-refractivity contribution in [1.82, 2.24) is 15.1 Å². The Morgan fingerprint density at radius 1 is 1.14 bits per heavy atom. The molecule has 3 heterocycles. The van der Waals surface area contributed by atoms with Crippen molar-refractivity contribution in [3.05, 3.63) is 22.4 Å². The molecule has 2 saturated heterocycles. The van der Waals surface area contributed by atoms with Gasteiger partial charge in [0.2, 0.25) is 5.91 Å². The Balaban J connectivity index is 1.57. The summed E-state index contributed by atoms with van der Waals surface area (Å²) in [5.74, 6) is 0.472. The van der Waals surface area contributed by atoms with E-state index in [1.807, 2.05) is 26.6 Å². The molecule has 0 saturated carbocycles. The average molecular weight is 321 g/mol. The Bertz CT molecular complexity index is 511. The molecule has 0 bridgehead atoms. The monoisotopic (exact) mass is 321 g/mol. The number of nitrogens with one attached hydrogen (secondary N) is 1. The normalized spacial score (nSPS) is 23.2. The Hall–Kier alpha value is -1.40. The Morgan fingerprint density at radius 2 is 1.95 bits per heavy atom. The van der Waals surface area contributed by atoms with Gasteiger partial charge in [0.1, 0.15) is 0 Å². The van der Waals surface area contributed by atoms with Crippen LogP contribution in [-0.2, 0) is 4.79 Å². The number of hydrogen-bond acceptors (Lipinski definition) is 4. The number of carbonyl (C=O) groups excluding carboxylic acids is 2. The maximum atomic E-state index is 12.6. The molecule has 120 valence electrons. The van der Waals surface area contributed by atoms with Crippen molar-refractivity contribution in [1.29, 1.82) is 0 Å². The molecule has 2 amide bonds. The Kier molecular flexibility index (Phi) is 5.10. The first kappa shape index (κ1) is 15.5. The maximum Gasteiger partial charge on any atom is 0.254 e. The minimum absolute atomic E-state index is 0.0925. The third-order valence-electron chi connectivity index (χ3n) is 4.51. The van der Waals surface area contributed by atoms with Gasteiger partial charge in [-0.2, -0.15) is 11.3 Å². The quantitative estimate of drug-likeness (QED) is 0.896. The second-order valence-corrected chi connectivity index (χ2v) is 6.81. The topological polar surface area (TPSA) is 52.7 Å². The molecule has 1 unspecified atom stereocenters. The minimum Gasteiger partial charge on any atom is -0.341 e. The number of thiophene rings is 1. The lowest BCUT2D eigenvalue weighted by Gasteiger charge is -2.29. The highest BCUT2D eigenvalue weighted by molar-refractivity contribution is 7.08. The predicted molar refractivity (Wildman–Crippen MR) is 87.0 cm³/mol. The van der Waals surface area contributed by atoms with Crippen molar-refractivity contribution in [3.8, 4) is 0 Å². The highest BCUT2D eigenvalue weighted by Gasteiger charge is 2.28. The van der Waals surface area contributed by atoms with Crippen LogP contribution in [-0.4, -0.2) is 60.9 Å². The Morgan fingerprint density at radius 3 is 2.68 bits per heavy atom. The van der Waals surface area contributed by atoms with Crippen LogP contribution in [0.15, 0.2) is 16.8 Å². The van der Waals surface area contributed by atoms with Gasteiger partial charge in [-0.25, -0.2) is 0 Å². The van der Waals surface area contributed by atoms with E-state index in [4.69, 9.17) is 0 Å². The van der Waals surface area contributed by atoms with Gasteiger partial charge in [0.15, 0.2) is 0 Å². The summed E-state index contributed by atoms with van der Waals surface area (Å²) in [4.78, 5) is 28.8. The summed E-state index contributed by atoms with van der Waals surface area (Å²) in [5.41, 5.74) is 0.765. The summed E-state index contributed by atoms with van der Waals surface area (Å²) in [6.07, 6.45) is 2.93. The highest BCUT2D eigenvalue weighted by Crippen LogP contribution is 2.16. The first-order valence-electron chi connectivity index (χ1n) is 8.06. The molecule has 1 aromatic rings. The molecule has 2 aliphatic heterocycles. The lowest BCUT2D eigenvalue weighted by Crippen LogP contribution is -2.44. The van der Waals surface area contributed by atoms with Crippen LogP contribution in [0.3, 0.4) is 0 Å². The lowest BCUT2D eigenvalue weighted by molar-refractivity contribution is -0.135. The number of carbonyl (C=O) groups is 2. The van der Waals surface area contributed by atoms with Gasteiger partial charge in [0.25, 0.3) is 5.91 Å². The van der Waals surface area contributed by atoms with Gasteiger partial charge in [-0.1, -0.05) is 0 Å². The molecule has 0 aliphatic carbocycles. The molecule has 1 aromatic heterocycles. The SMILES string of the molecule is O=C(c1ccsc1)N1CCCN(C(=O)C2CCCNC2)CC1. The molecule has 0 spiro atoms. The van der Waals surface area contributed by atoms with Crippen LogP contribution < -0.4 is 5.32 Å². The second kappa shape index (κ2) is 7.24. The molecule has 3 rings (SSSR count). The van der Waals surface area contributed by atoms with Gasteiger partial charge < -0.3 is 15.1 Å². The van der Waals surface area contributed by atoms with Gasteiger partial charge >= 0.3 is 0 Å². The fourth-order valence-corrected chi connectivity index (χ4v) is 3.86. The number of amides is 2. The van der Waals surface area contributed by atoms with Crippen LogP contribution in [0.25, 0.3) is 0 Å². The van der Waals surface area contributed by atoms with Crippen molar-refractivity contribution in [2.24, 2.45) is 5.92 Å². The van der Waals surface area contributed by atoms with Gasteiger partial charge in [0, 0.05) is 38.1 Å². The molecule has 0 radical (unpaired) electrons. The molecule has 2 fully saturated rings. The number of piperidine rings is 1. The van der Waals surface area contributed by atoms with Gasteiger partial charge in [-0.15, -0.1) is 0 Å². The third-order valence-corrected chi connectivity index (χ3v) is 5.19.